The van der Waals surface area contributed by atoms with E-state index in [4.69, 9.17) is 9.63 Å². The second kappa shape index (κ2) is 4.00. The van der Waals surface area contributed by atoms with E-state index in [1.807, 2.05) is 0 Å². The number of nitrogens with zero attached hydrogens (tertiary/aromatic N) is 2. The lowest BCUT2D eigenvalue weighted by atomic mass is 9.79. The number of hydrogen-bond donors (Lipinski definition) is 1. The first kappa shape index (κ1) is 10.1. The van der Waals surface area contributed by atoms with Crippen molar-refractivity contribution >= 4 is 5.97 Å². The van der Waals surface area contributed by atoms with Crippen molar-refractivity contribution in [1.82, 2.24) is 10.1 Å². The molecule has 1 aromatic rings. The molecular weight excluding hydrogens is 196 g/mol. The van der Waals surface area contributed by atoms with Crippen LogP contribution in [0.25, 0.3) is 0 Å². The fourth-order valence-corrected chi connectivity index (χ4v) is 2.19. The zero-order valence-corrected chi connectivity index (χ0v) is 8.64. The molecule has 1 aromatic heterocycles. The van der Waals surface area contributed by atoms with Gasteiger partial charge in [-0.05, 0) is 19.8 Å². The minimum atomic E-state index is -0.754. The van der Waals surface area contributed by atoms with Gasteiger partial charge in [0.2, 0.25) is 5.89 Å². The van der Waals surface area contributed by atoms with Gasteiger partial charge in [0.15, 0.2) is 5.82 Å². The molecule has 0 aromatic carbocycles. The molecule has 0 spiro atoms. The lowest BCUT2D eigenvalue weighted by molar-refractivity contribution is -0.143. The Bertz CT molecular complexity index is 361. The maximum Gasteiger partial charge on any atom is 0.307 e. The molecule has 82 valence electrons. The lowest BCUT2D eigenvalue weighted by Gasteiger charge is -2.25. The first-order valence-corrected chi connectivity index (χ1v) is 5.21. The van der Waals surface area contributed by atoms with E-state index in [1.54, 1.807) is 6.92 Å². The number of carboxylic acids is 1. The number of aliphatic carboxylic acids is 1. The first-order valence-electron chi connectivity index (χ1n) is 5.21. The zero-order chi connectivity index (χ0) is 10.8. The van der Waals surface area contributed by atoms with E-state index in [0.29, 0.717) is 18.1 Å². The number of aromatic nitrogens is 2. The van der Waals surface area contributed by atoms with Gasteiger partial charge in [0, 0.05) is 0 Å². The Hall–Kier alpha value is -1.39. The van der Waals surface area contributed by atoms with E-state index >= 15 is 0 Å². The summed E-state index contributed by atoms with van der Waals surface area (Å²) in [7, 11) is 0. The van der Waals surface area contributed by atoms with Gasteiger partial charge >= 0.3 is 5.97 Å². The van der Waals surface area contributed by atoms with Gasteiger partial charge in [0.1, 0.15) is 0 Å². The second-order valence-corrected chi connectivity index (χ2v) is 4.02. The molecular formula is C10H14N2O3. The summed E-state index contributed by atoms with van der Waals surface area (Å²) in [6, 6.07) is 0. The number of hydrogen-bond acceptors (Lipinski definition) is 4. The van der Waals surface area contributed by atoms with Crippen LogP contribution in [-0.4, -0.2) is 21.2 Å². The smallest absolute Gasteiger partial charge is 0.307 e. The van der Waals surface area contributed by atoms with Crippen molar-refractivity contribution in [3.8, 4) is 0 Å². The molecule has 0 saturated heterocycles. The highest BCUT2D eigenvalue weighted by atomic mass is 16.5. The molecule has 2 atom stereocenters. The van der Waals surface area contributed by atoms with Crippen LogP contribution in [0.5, 0.6) is 0 Å². The Morgan fingerprint density at radius 1 is 1.47 bits per heavy atom. The Morgan fingerprint density at radius 2 is 2.20 bits per heavy atom. The summed E-state index contributed by atoms with van der Waals surface area (Å²) in [5.41, 5.74) is 0. The van der Waals surface area contributed by atoms with Gasteiger partial charge < -0.3 is 9.63 Å². The summed E-state index contributed by atoms with van der Waals surface area (Å²) in [6.45, 7) is 1.74. The summed E-state index contributed by atoms with van der Waals surface area (Å²) in [5, 5.41) is 12.8. The van der Waals surface area contributed by atoms with Crippen LogP contribution in [0.3, 0.4) is 0 Å². The van der Waals surface area contributed by atoms with E-state index in [9.17, 15) is 4.79 Å². The van der Waals surface area contributed by atoms with Crippen molar-refractivity contribution in [2.75, 3.05) is 0 Å². The van der Waals surface area contributed by atoms with Gasteiger partial charge in [0.25, 0.3) is 0 Å². The standard InChI is InChI=1S/C10H14N2O3/c1-6-11-9(15-12-6)7-4-2-3-5-8(7)10(13)14/h7-8H,2-5H2,1H3,(H,13,14)/t7-,8+/m1/s1. The molecule has 1 fully saturated rings. The topological polar surface area (TPSA) is 76.2 Å². The van der Waals surface area contributed by atoms with E-state index < -0.39 is 5.97 Å². The molecule has 1 aliphatic rings. The Balaban J connectivity index is 2.21. The van der Waals surface area contributed by atoms with Crippen molar-refractivity contribution in [2.45, 2.75) is 38.5 Å². The SMILES string of the molecule is Cc1noc([C@@H]2CCCC[C@@H]2C(=O)O)n1. The van der Waals surface area contributed by atoms with Crippen LogP contribution in [-0.2, 0) is 4.79 Å². The van der Waals surface area contributed by atoms with Crippen LogP contribution >= 0.6 is 0 Å². The van der Waals surface area contributed by atoms with Gasteiger partial charge in [-0.15, -0.1) is 0 Å². The molecule has 5 nitrogen and oxygen atoms in total. The van der Waals surface area contributed by atoms with Gasteiger partial charge in [-0.25, -0.2) is 0 Å². The van der Waals surface area contributed by atoms with Crippen molar-refractivity contribution in [2.24, 2.45) is 5.92 Å². The summed E-state index contributed by atoms with van der Waals surface area (Å²) in [4.78, 5) is 15.2. The van der Waals surface area contributed by atoms with Crippen molar-refractivity contribution in [1.29, 1.82) is 0 Å². The van der Waals surface area contributed by atoms with Crippen LogP contribution in [0.4, 0.5) is 0 Å². The number of aryl methyl sites for hydroxylation is 1. The number of carboxylic acid groups (broad SMARTS) is 1. The minimum Gasteiger partial charge on any atom is -0.481 e. The summed E-state index contributed by atoms with van der Waals surface area (Å²) in [6.07, 6.45) is 3.55. The molecule has 0 unspecified atom stereocenters. The first-order chi connectivity index (χ1) is 7.18. The molecule has 1 N–H and O–H groups in total. The Kier molecular flexibility index (Phi) is 2.70. The molecule has 15 heavy (non-hydrogen) atoms. The maximum atomic E-state index is 11.1. The predicted molar refractivity (Wildman–Crippen MR) is 51.4 cm³/mol. The molecule has 5 heteroatoms. The Labute approximate surface area is 87.5 Å². The molecule has 0 amide bonds. The normalized spacial score (nSPS) is 26.5. The lowest BCUT2D eigenvalue weighted by Crippen LogP contribution is -2.25. The van der Waals surface area contributed by atoms with Crippen molar-refractivity contribution < 1.29 is 14.4 Å². The molecule has 1 aliphatic carbocycles. The highest BCUT2D eigenvalue weighted by Gasteiger charge is 2.35. The van der Waals surface area contributed by atoms with Gasteiger partial charge in [-0.1, -0.05) is 18.0 Å². The van der Waals surface area contributed by atoms with Crippen LogP contribution in [0.15, 0.2) is 4.52 Å². The number of rotatable bonds is 2. The third-order valence-electron chi connectivity index (χ3n) is 2.94. The molecule has 1 heterocycles. The molecule has 2 rings (SSSR count). The average molecular weight is 210 g/mol. The van der Waals surface area contributed by atoms with E-state index in [1.165, 1.54) is 0 Å². The summed E-state index contributed by atoms with van der Waals surface area (Å²) in [5.74, 6) is -0.161. The Morgan fingerprint density at radius 3 is 2.80 bits per heavy atom. The molecule has 0 radical (unpaired) electrons. The van der Waals surface area contributed by atoms with Gasteiger partial charge in [-0.3, -0.25) is 4.79 Å². The van der Waals surface area contributed by atoms with E-state index in [0.717, 1.165) is 19.3 Å². The van der Waals surface area contributed by atoms with Crippen LogP contribution in [0.1, 0.15) is 43.3 Å². The minimum absolute atomic E-state index is 0.0996. The van der Waals surface area contributed by atoms with E-state index in [-0.39, 0.29) is 11.8 Å². The molecule has 0 aliphatic heterocycles. The zero-order valence-electron chi connectivity index (χ0n) is 8.64. The highest BCUT2D eigenvalue weighted by molar-refractivity contribution is 5.71. The fraction of sp³-hybridized carbons (Fsp3) is 0.700. The number of carbonyl (C=O) groups is 1. The summed E-state index contributed by atoms with van der Waals surface area (Å²) < 4.78 is 5.06. The molecule has 1 saturated carbocycles. The van der Waals surface area contributed by atoms with Crippen LogP contribution in [0.2, 0.25) is 0 Å². The van der Waals surface area contributed by atoms with Gasteiger partial charge in [0.05, 0.1) is 11.8 Å². The quantitative estimate of drug-likeness (QED) is 0.804. The van der Waals surface area contributed by atoms with Crippen LogP contribution < -0.4 is 0 Å². The average Bonchev–Trinajstić information content (AvgIpc) is 2.65. The fourth-order valence-electron chi connectivity index (χ4n) is 2.19. The van der Waals surface area contributed by atoms with Crippen LogP contribution in [0, 0.1) is 12.8 Å². The third-order valence-corrected chi connectivity index (χ3v) is 2.94. The van der Waals surface area contributed by atoms with Gasteiger partial charge in [-0.2, -0.15) is 4.98 Å². The third kappa shape index (κ3) is 2.00. The summed E-state index contributed by atoms with van der Waals surface area (Å²) >= 11 is 0. The monoisotopic (exact) mass is 210 g/mol. The highest BCUT2D eigenvalue weighted by Crippen LogP contribution is 2.37. The van der Waals surface area contributed by atoms with E-state index in [2.05, 4.69) is 10.1 Å². The molecule has 0 bridgehead atoms. The van der Waals surface area contributed by atoms with Crippen molar-refractivity contribution in [3.63, 3.8) is 0 Å². The van der Waals surface area contributed by atoms with Crippen molar-refractivity contribution in [3.05, 3.63) is 11.7 Å². The maximum absolute atomic E-state index is 11.1. The predicted octanol–water partition coefficient (Wildman–Crippen LogP) is 1.74. The largest absolute Gasteiger partial charge is 0.481 e. The second-order valence-electron chi connectivity index (χ2n) is 4.02.